The monoisotopic (exact) mass is 502 g/mol. The van der Waals surface area contributed by atoms with Gasteiger partial charge in [-0.25, -0.2) is 9.59 Å². The molecular formula is C31H50O5. The van der Waals surface area contributed by atoms with Crippen LogP contribution in [0.5, 0.6) is 0 Å². The largest absolute Gasteiger partial charge is 0.480 e. The smallest absolute Gasteiger partial charge is 0.332 e. The SMILES string of the molecule is CC(C)CCC[C@@H](C)C1CC[C@H]2[C@@H]3CC=C4C[C@@H](OC(=O)COCC(=O)O)CC[C@]4(C)C3CC[C@]12C. The van der Waals surface area contributed by atoms with E-state index in [9.17, 15) is 9.59 Å². The first-order valence-electron chi connectivity index (χ1n) is 14.7. The van der Waals surface area contributed by atoms with Crippen molar-refractivity contribution in [1.29, 1.82) is 0 Å². The molecule has 4 aliphatic carbocycles. The van der Waals surface area contributed by atoms with Crippen LogP contribution in [0.4, 0.5) is 0 Å². The highest BCUT2D eigenvalue weighted by atomic mass is 16.6. The fraction of sp³-hybridized carbons (Fsp3) is 0.871. The number of ether oxygens (including phenoxy) is 2. The highest BCUT2D eigenvalue weighted by molar-refractivity contribution is 5.72. The van der Waals surface area contributed by atoms with Gasteiger partial charge in [0.15, 0.2) is 0 Å². The molecule has 0 saturated heterocycles. The molecule has 0 bridgehead atoms. The second kappa shape index (κ2) is 11.2. The number of allylic oxidation sites excluding steroid dienone is 1. The number of carbonyl (C=O) groups is 2. The van der Waals surface area contributed by atoms with Crippen LogP contribution >= 0.6 is 0 Å². The van der Waals surface area contributed by atoms with Crippen LogP contribution in [0.15, 0.2) is 11.6 Å². The number of aliphatic carboxylic acids is 1. The Morgan fingerprint density at radius 3 is 2.53 bits per heavy atom. The number of rotatable bonds is 10. The van der Waals surface area contributed by atoms with Gasteiger partial charge in [0.1, 0.15) is 19.3 Å². The molecule has 1 N–H and O–H groups in total. The third kappa shape index (κ3) is 5.56. The van der Waals surface area contributed by atoms with Crippen LogP contribution in [0.25, 0.3) is 0 Å². The maximum Gasteiger partial charge on any atom is 0.332 e. The zero-order chi connectivity index (χ0) is 26.1. The second-order valence-electron chi connectivity index (χ2n) is 13.5. The van der Waals surface area contributed by atoms with E-state index in [4.69, 9.17) is 14.6 Å². The first kappa shape index (κ1) is 27.7. The minimum atomic E-state index is -1.07. The lowest BCUT2D eigenvalue weighted by Crippen LogP contribution is -2.51. The number of carbonyl (C=O) groups excluding carboxylic acids is 1. The van der Waals surface area contributed by atoms with Crippen molar-refractivity contribution in [2.24, 2.45) is 46.3 Å². The molecule has 204 valence electrons. The lowest BCUT2D eigenvalue weighted by molar-refractivity contribution is -0.159. The molecule has 36 heavy (non-hydrogen) atoms. The Balaban J connectivity index is 1.38. The van der Waals surface area contributed by atoms with Gasteiger partial charge in [-0.15, -0.1) is 0 Å². The first-order chi connectivity index (χ1) is 17.0. The van der Waals surface area contributed by atoms with E-state index in [1.165, 1.54) is 56.9 Å². The molecule has 3 fully saturated rings. The summed E-state index contributed by atoms with van der Waals surface area (Å²) in [6, 6.07) is 0. The van der Waals surface area contributed by atoms with E-state index in [2.05, 4.69) is 40.7 Å². The van der Waals surface area contributed by atoms with Crippen LogP contribution in [0.2, 0.25) is 0 Å². The van der Waals surface area contributed by atoms with E-state index in [1.807, 2.05) is 0 Å². The highest BCUT2D eigenvalue weighted by Gasteiger charge is 2.59. The minimum absolute atomic E-state index is 0.113. The second-order valence-corrected chi connectivity index (χ2v) is 13.5. The zero-order valence-electron chi connectivity index (χ0n) is 23.4. The molecule has 5 nitrogen and oxygen atoms in total. The van der Waals surface area contributed by atoms with E-state index >= 15 is 0 Å². The standard InChI is InChI=1S/C31H50O5/c1-20(2)7-6-8-21(3)25-11-12-26-24-10-9-22-17-23(36-29(34)19-35-18-28(32)33)13-15-30(22,4)27(24)14-16-31(25,26)5/h9,20-21,23-27H,6-8,10-19H2,1-5H3,(H,32,33)/t21-,23+,24+,25?,26+,27?,30+,31-/m1/s1. The summed E-state index contributed by atoms with van der Waals surface area (Å²) in [7, 11) is 0. The molecule has 4 aliphatic rings. The van der Waals surface area contributed by atoms with E-state index in [0.717, 1.165) is 54.8 Å². The molecule has 8 atom stereocenters. The van der Waals surface area contributed by atoms with Crippen molar-refractivity contribution in [1.82, 2.24) is 0 Å². The van der Waals surface area contributed by atoms with Gasteiger partial charge in [0, 0.05) is 6.42 Å². The highest BCUT2D eigenvalue weighted by Crippen LogP contribution is 2.67. The van der Waals surface area contributed by atoms with Crippen molar-refractivity contribution in [2.75, 3.05) is 13.2 Å². The number of fused-ring (bicyclic) bond motifs is 5. The summed E-state index contributed by atoms with van der Waals surface area (Å²) in [6.45, 7) is 11.6. The van der Waals surface area contributed by atoms with Gasteiger partial charge in [0.25, 0.3) is 0 Å². The Kier molecular flexibility index (Phi) is 8.59. The summed E-state index contributed by atoms with van der Waals surface area (Å²) < 4.78 is 10.6. The summed E-state index contributed by atoms with van der Waals surface area (Å²) in [5, 5.41) is 8.68. The van der Waals surface area contributed by atoms with E-state index in [1.54, 1.807) is 0 Å². The Morgan fingerprint density at radius 2 is 1.81 bits per heavy atom. The molecule has 0 amide bonds. The lowest BCUT2D eigenvalue weighted by atomic mass is 9.47. The average Bonchev–Trinajstić information content (AvgIpc) is 3.16. The fourth-order valence-corrected chi connectivity index (χ4v) is 9.19. The summed E-state index contributed by atoms with van der Waals surface area (Å²) in [6.07, 6.45) is 16.1. The molecule has 0 aliphatic heterocycles. The molecule has 0 radical (unpaired) electrons. The van der Waals surface area contributed by atoms with Crippen LogP contribution in [-0.2, 0) is 19.1 Å². The van der Waals surface area contributed by atoms with Crippen LogP contribution < -0.4 is 0 Å². The normalized spacial score (nSPS) is 38.5. The van der Waals surface area contributed by atoms with Crippen LogP contribution in [-0.4, -0.2) is 36.4 Å². The zero-order valence-corrected chi connectivity index (χ0v) is 23.4. The Morgan fingerprint density at radius 1 is 1.03 bits per heavy atom. The molecule has 0 aromatic heterocycles. The topological polar surface area (TPSA) is 72.8 Å². The van der Waals surface area contributed by atoms with Gasteiger partial charge in [-0.05, 0) is 91.3 Å². The Hall–Kier alpha value is -1.36. The molecule has 0 spiro atoms. The molecule has 0 aromatic rings. The van der Waals surface area contributed by atoms with Crippen LogP contribution in [0, 0.1) is 46.3 Å². The van der Waals surface area contributed by atoms with E-state index in [0.29, 0.717) is 5.41 Å². The molecular weight excluding hydrogens is 452 g/mol. The van der Waals surface area contributed by atoms with E-state index in [-0.39, 0.29) is 18.1 Å². The molecule has 4 rings (SSSR count). The summed E-state index contributed by atoms with van der Waals surface area (Å²) >= 11 is 0. The van der Waals surface area contributed by atoms with Crippen molar-refractivity contribution in [3.8, 4) is 0 Å². The van der Waals surface area contributed by atoms with Crippen LogP contribution in [0.1, 0.15) is 105 Å². The van der Waals surface area contributed by atoms with Gasteiger partial charge in [0.2, 0.25) is 0 Å². The molecule has 5 heteroatoms. The number of carboxylic acid groups (broad SMARTS) is 1. The maximum atomic E-state index is 12.1. The molecule has 0 heterocycles. The predicted octanol–water partition coefficient (Wildman–Crippen LogP) is 7.04. The van der Waals surface area contributed by atoms with Crippen molar-refractivity contribution in [3.63, 3.8) is 0 Å². The summed E-state index contributed by atoms with van der Waals surface area (Å²) in [5.74, 6) is 3.41. The Labute approximate surface area is 218 Å². The van der Waals surface area contributed by atoms with Gasteiger partial charge < -0.3 is 14.6 Å². The van der Waals surface area contributed by atoms with Crippen molar-refractivity contribution >= 4 is 11.9 Å². The van der Waals surface area contributed by atoms with Gasteiger partial charge in [-0.1, -0.05) is 65.5 Å². The molecule has 2 unspecified atom stereocenters. The molecule has 3 saturated carbocycles. The fourth-order valence-electron chi connectivity index (χ4n) is 9.19. The third-order valence-electron chi connectivity index (χ3n) is 11.0. The number of esters is 1. The van der Waals surface area contributed by atoms with Crippen molar-refractivity contribution in [3.05, 3.63) is 11.6 Å². The number of carboxylic acids is 1. The van der Waals surface area contributed by atoms with Crippen molar-refractivity contribution in [2.45, 2.75) is 111 Å². The maximum absolute atomic E-state index is 12.1. The average molecular weight is 503 g/mol. The van der Waals surface area contributed by atoms with Gasteiger partial charge in [-0.3, -0.25) is 0 Å². The van der Waals surface area contributed by atoms with E-state index < -0.39 is 18.5 Å². The van der Waals surface area contributed by atoms with Crippen molar-refractivity contribution < 1.29 is 24.2 Å². The van der Waals surface area contributed by atoms with Crippen LogP contribution in [0.3, 0.4) is 0 Å². The number of hydrogen-bond acceptors (Lipinski definition) is 4. The number of hydrogen-bond donors (Lipinski definition) is 1. The first-order valence-corrected chi connectivity index (χ1v) is 14.7. The van der Waals surface area contributed by atoms with Gasteiger partial charge >= 0.3 is 11.9 Å². The minimum Gasteiger partial charge on any atom is -0.480 e. The summed E-state index contributed by atoms with van der Waals surface area (Å²) in [4.78, 5) is 22.7. The Bertz CT molecular complexity index is 833. The van der Waals surface area contributed by atoms with Gasteiger partial charge in [0.05, 0.1) is 0 Å². The summed E-state index contributed by atoms with van der Waals surface area (Å²) in [5.41, 5.74) is 2.23. The quantitative estimate of drug-likeness (QED) is 0.256. The predicted molar refractivity (Wildman–Crippen MR) is 141 cm³/mol. The lowest BCUT2D eigenvalue weighted by Gasteiger charge is -2.58. The molecule has 0 aromatic carbocycles. The van der Waals surface area contributed by atoms with Gasteiger partial charge in [-0.2, -0.15) is 0 Å². The third-order valence-corrected chi connectivity index (χ3v) is 11.0.